The average Bonchev–Trinajstić information content (AvgIpc) is 3.42. The first kappa shape index (κ1) is 19.1. The number of fused-ring (bicyclic) bond motifs is 5. The molecule has 1 N–H and O–H groups in total. The topological polar surface area (TPSA) is 75.7 Å². The molecule has 0 radical (unpaired) electrons. The van der Waals surface area contributed by atoms with Crippen molar-refractivity contribution in [2.24, 2.45) is 23.7 Å². The fourth-order valence-electron chi connectivity index (χ4n) is 5.42. The van der Waals surface area contributed by atoms with Gasteiger partial charge in [-0.1, -0.05) is 17.7 Å². The third-order valence-corrected chi connectivity index (χ3v) is 6.94. The lowest BCUT2D eigenvalue weighted by Gasteiger charge is -2.19. The first-order valence-electron chi connectivity index (χ1n) is 10.1. The third kappa shape index (κ3) is 2.89. The Morgan fingerprint density at radius 1 is 1.07 bits per heavy atom. The first-order valence-corrected chi connectivity index (χ1v) is 10.5. The number of benzene rings is 2. The van der Waals surface area contributed by atoms with E-state index in [0.29, 0.717) is 39.5 Å². The molecule has 7 heteroatoms. The maximum atomic E-state index is 13.1. The highest BCUT2D eigenvalue weighted by atomic mass is 35.5. The lowest BCUT2D eigenvalue weighted by Crippen LogP contribution is -2.33. The van der Waals surface area contributed by atoms with Crippen molar-refractivity contribution in [3.05, 3.63) is 53.1 Å². The van der Waals surface area contributed by atoms with Gasteiger partial charge in [-0.2, -0.15) is 0 Å². The number of hydrogen-bond acceptors (Lipinski definition) is 4. The summed E-state index contributed by atoms with van der Waals surface area (Å²) in [6.45, 7) is 0. The van der Waals surface area contributed by atoms with Crippen molar-refractivity contribution in [3.8, 4) is 5.75 Å². The molecule has 0 aromatic heterocycles. The Morgan fingerprint density at radius 3 is 2.43 bits per heavy atom. The summed E-state index contributed by atoms with van der Waals surface area (Å²) < 4.78 is 5.27. The van der Waals surface area contributed by atoms with E-state index in [1.54, 1.807) is 42.5 Å². The highest BCUT2D eigenvalue weighted by molar-refractivity contribution is 6.31. The van der Waals surface area contributed by atoms with Gasteiger partial charge in [0.2, 0.25) is 11.8 Å². The van der Waals surface area contributed by atoms with Crippen LogP contribution in [0.25, 0.3) is 0 Å². The molecule has 2 aromatic carbocycles. The number of rotatable bonds is 4. The minimum Gasteiger partial charge on any atom is -0.495 e. The molecule has 6 nitrogen and oxygen atoms in total. The molecule has 2 saturated carbocycles. The summed E-state index contributed by atoms with van der Waals surface area (Å²) in [6.07, 6.45) is 3.05. The van der Waals surface area contributed by atoms with Gasteiger partial charge in [-0.3, -0.25) is 19.3 Å². The van der Waals surface area contributed by atoms with Crippen molar-refractivity contribution in [2.45, 2.75) is 19.3 Å². The highest BCUT2D eigenvalue weighted by Crippen LogP contribution is 2.56. The van der Waals surface area contributed by atoms with Crippen molar-refractivity contribution >= 4 is 40.7 Å². The Hall–Kier alpha value is -2.86. The van der Waals surface area contributed by atoms with Crippen LogP contribution < -0.4 is 15.0 Å². The summed E-state index contributed by atoms with van der Waals surface area (Å²) in [6, 6.07) is 11.6. The lowest BCUT2D eigenvalue weighted by molar-refractivity contribution is -0.123. The monoisotopic (exact) mass is 424 g/mol. The molecule has 3 amide bonds. The quantitative estimate of drug-likeness (QED) is 0.748. The van der Waals surface area contributed by atoms with Crippen LogP contribution in [0.2, 0.25) is 5.02 Å². The van der Waals surface area contributed by atoms with Crippen LogP contribution in [-0.4, -0.2) is 24.8 Å². The van der Waals surface area contributed by atoms with Crippen molar-refractivity contribution < 1.29 is 19.1 Å². The molecule has 1 saturated heterocycles. The molecule has 3 aliphatic rings. The molecule has 3 fully saturated rings. The number of methoxy groups -OCH3 is 1. The Bertz CT molecular complexity index is 1040. The van der Waals surface area contributed by atoms with Gasteiger partial charge in [-0.05, 0) is 67.5 Å². The van der Waals surface area contributed by atoms with Crippen LogP contribution in [0.4, 0.5) is 11.4 Å². The van der Waals surface area contributed by atoms with E-state index in [2.05, 4.69) is 5.32 Å². The largest absolute Gasteiger partial charge is 0.495 e. The van der Waals surface area contributed by atoms with E-state index in [4.69, 9.17) is 16.3 Å². The van der Waals surface area contributed by atoms with Gasteiger partial charge in [0.25, 0.3) is 5.91 Å². The van der Waals surface area contributed by atoms with Gasteiger partial charge in [0.05, 0.1) is 30.3 Å². The second-order valence-corrected chi connectivity index (χ2v) is 8.68. The van der Waals surface area contributed by atoms with Crippen molar-refractivity contribution in [3.63, 3.8) is 0 Å². The number of amides is 3. The van der Waals surface area contributed by atoms with Crippen LogP contribution in [0.1, 0.15) is 29.6 Å². The molecule has 2 aromatic rings. The molecular weight excluding hydrogens is 404 g/mol. The molecule has 0 unspecified atom stereocenters. The summed E-state index contributed by atoms with van der Waals surface area (Å²) in [4.78, 5) is 40.2. The SMILES string of the molecule is COc1ccc(Cl)cc1NC(=O)c1cccc(N2C(=O)[C@H]3[C@H]4CC[C@@H](C4)[C@@H]3C2=O)c1. The fraction of sp³-hybridized carbons (Fsp3) is 0.348. The molecule has 1 heterocycles. The number of halogens is 1. The Morgan fingerprint density at radius 2 is 1.77 bits per heavy atom. The molecule has 30 heavy (non-hydrogen) atoms. The number of anilines is 2. The van der Waals surface area contributed by atoms with Crippen LogP contribution >= 0.6 is 11.6 Å². The van der Waals surface area contributed by atoms with Gasteiger partial charge in [0.15, 0.2) is 0 Å². The molecule has 154 valence electrons. The smallest absolute Gasteiger partial charge is 0.255 e. The van der Waals surface area contributed by atoms with Gasteiger partial charge in [0.1, 0.15) is 5.75 Å². The van der Waals surface area contributed by atoms with Crippen LogP contribution in [-0.2, 0) is 9.59 Å². The zero-order chi connectivity index (χ0) is 21.0. The summed E-state index contributed by atoms with van der Waals surface area (Å²) in [5.74, 6) is 0.131. The zero-order valence-electron chi connectivity index (χ0n) is 16.4. The summed E-state index contributed by atoms with van der Waals surface area (Å²) in [7, 11) is 1.51. The molecule has 0 spiro atoms. The summed E-state index contributed by atoms with van der Waals surface area (Å²) in [5.41, 5.74) is 1.24. The van der Waals surface area contributed by atoms with Crippen LogP contribution in [0.5, 0.6) is 5.75 Å². The minimum atomic E-state index is -0.378. The normalized spacial score (nSPS) is 26.8. The zero-order valence-corrected chi connectivity index (χ0v) is 17.2. The number of carbonyl (C=O) groups excluding carboxylic acids is 3. The first-order chi connectivity index (χ1) is 14.5. The van der Waals surface area contributed by atoms with E-state index in [-0.39, 0.29) is 29.6 Å². The Balaban J connectivity index is 1.41. The number of hydrogen-bond donors (Lipinski definition) is 1. The molecule has 1 aliphatic heterocycles. The van der Waals surface area contributed by atoms with E-state index in [0.717, 1.165) is 19.3 Å². The van der Waals surface area contributed by atoms with Crippen molar-refractivity contribution in [1.29, 1.82) is 0 Å². The van der Waals surface area contributed by atoms with E-state index in [1.807, 2.05) is 0 Å². The van der Waals surface area contributed by atoms with Crippen LogP contribution in [0.15, 0.2) is 42.5 Å². The molecular formula is C23H21ClN2O4. The fourth-order valence-corrected chi connectivity index (χ4v) is 5.59. The van der Waals surface area contributed by atoms with E-state index < -0.39 is 0 Å². The second-order valence-electron chi connectivity index (χ2n) is 8.25. The van der Waals surface area contributed by atoms with Crippen molar-refractivity contribution in [1.82, 2.24) is 0 Å². The maximum absolute atomic E-state index is 13.1. The maximum Gasteiger partial charge on any atom is 0.255 e. The van der Waals surface area contributed by atoms with Gasteiger partial charge in [-0.15, -0.1) is 0 Å². The van der Waals surface area contributed by atoms with Gasteiger partial charge in [0, 0.05) is 10.6 Å². The highest BCUT2D eigenvalue weighted by Gasteiger charge is 2.61. The Labute approximate surface area is 179 Å². The lowest BCUT2D eigenvalue weighted by atomic mass is 9.81. The van der Waals surface area contributed by atoms with E-state index in [9.17, 15) is 14.4 Å². The molecule has 5 rings (SSSR count). The predicted octanol–water partition coefficient (Wildman–Crippen LogP) is 4.14. The standard InChI is InChI=1S/C23H21ClN2O4/c1-30-18-8-7-15(24)11-17(18)25-21(27)14-3-2-4-16(10-14)26-22(28)19-12-5-6-13(9-12)20(19)23(26)29/h2-4,7-8,10-13,19-20H,5-6,9H2,1H3,(H,25,27)/t12-,13-,19-,20-/m0/s1. The number of nitrogens with one attached hydrogen (secondary N) is 1. The summed E-state index contributed by atoms with van der Waals surface area (Å²) in [5, 5.41) is 3.25. The van der Waals surface area contributed by atoms with Crippen LogP contribution in [0, 0.1) is 23.7 Å². The predicted molar refractivity (Wildman–Crippen MR) is 113 cm³/mol. The number of nitrogens with zero attached hydrogens (tertiary/aromatic N) is 1. The number of ether oxygens (including phenoxy) is 1. The van der Waals surface area contributed by atoms with E-state index >= 15 is 0 Å². The molecule has 2 bridgehead atoms. The minimum absolute atomic E-state index is 0.119. The van der Waals surface area contributed by atoms with Gasteiger partial charge < -0.3 is 10.1 Å². The molecule has 2 aliphatic carbocycles. The van der Waals surface area contributed by atoms with Gasteiger partial charge in [-0.25, -0.2) is 0 Å². The second kappa shape index (κ2) is 7.13. The number of carbonyl (C=O) groups is 3. The molecule has 4 atom stereocenters. The number of imide groups is 1. The third-order valence-electron chi connectivity index (χ3n) is 6.70. The summed E-state index contributed by atoms with van der Waals surface area (Å²) >= 11 is 6.03. The Kier molecular flexibility index (Phi) is 4.54. The van der Waals surface area contributed by atoms with Crippen LogP contribution in [0.3, 0.4) is 0 Å². The average molecular weight is 425 g/mol. The van der Waals surface area contributed by atoms with Gasteiger partial charge >= 0.3 is 0 Å². The van der Waals surface area contributed by atoms with Crippen molar-refractivity contribution in [2.75, 3.05) is 17.3 Å². The van der Waals surface area contributed by atoms with E-state index in [1.165, 1.54) is 12.0 Å².